The Morgan fingerprint density at radius 2 is 2.00 bits per heavy atom. The number of esters is 1. The predicted molar refractivity (Wildman–Crippen MR) is 60.1 cm³/mol. The molecular weight excluding hydrogens is 230 g/mol. The van der Waals surface area contributed by atoms with Crippen molar-refractivity contribution in [2.45, 2.75) is 5.38 Å². The number of benzene rings is 1. The summed E-state index contributed by atoms with van der Waals surface area (Å²) in [6, 6.07) is 8.90. The Kier molecular flexibility index (Phi) is 4.79. The van der Waals surface area contributed by atoms with Crippen LogP contribution >= 0.6 is 11.6 Å². The molecule has 1 unspecified atom stereocenters. The van der Waals surface area contributed by atoms with E-state index in [1.54, 1.807) is 24.3 Å². The molecule has 1 aromatic rings. The molecule has 0 saturated carbocycles. The summed E-state index contributed by atoms with van der Waals surface area (Å²) < 4.78 is 4.39. The van der Waals surface area contributed by atoms with Gasteiger partial charge in [0.1, 0.15) is 11.9 Å². The minimum Gasteiger partial charge on any atom is -0.468 e. The van der Waals surface area contributed by atoms with E-state index in [0.29, 0.717) is 5.56 Å². The van der Waals surface area contributed by atoms with Gasteiger partial charge in [-0.25, -0.2) is 0 Å². The van der Waals surface area contributed by atoms with Gasteiger partial charge < -0.3 is 10.1 Å². The van der Waals surface area contributed by atoms with E-state index in [2.05, 4.69) is 10.1 Å². The Bertz CT molecular complexity index is 367. The monoisotopic (exact) mass is 241 g/mol. The summed E-state index contributed by atoms with van der Waals surface area (Å²) in [7, 11) is 1.25. The van der Waals surface area contributed by atoms with Gasteiger partial charge in [-0.05, 0) is 5.56 Å². The zero-order valence-corrected chi connectivity index (χ0v) is 9.53. The van der Waals surface area contributed by atoms with Crippen LogP contribution in [0.25, 0.3) is 0 Å². The van der Waals surface area contributed by atoms with Crippen molar-refractivity contribution in [3.05, 3.63) is 35.9 Å². The molecule has 0 radical (unpaired) electrons. The molecule has 0 aliphatic rings. The van der Waals surface area contributed by atoms with Crippen molar-refractivity contribution in [1.29, 1.82) is 0 Å². The highest BCUT2D eigenvalue weighted by Gasteiger charge is 2.17. The first-order valence-corrected chi connectivity index (χ1v) is 5.12. The average Bonchev–Trinajstić information content (AvgIpc) is 2.35. The summed E-state index contributed by atoms with van der Waals surface area (Å²) >= 11 is 5.92. The lowest BCUT2D eigenvalue weighted by Gasteiger charge is -2.09. The predicted octanol–water partition coefficient (Wildman–Crippen LogP) is 1.26. The Hall–Kier alpha value is -1.55. The zero-order chi connectivity index (χ0) is 12.0. The van der Waals surface area contributed by atoms with Crippen LogP contribution in [0.4, 0.5) is 0 Å². The van der Waals surface area contributed by atoms with Crippen molar-refractivity contribution in [3.63, 3.8) is 0 Å². The fourth-order valence-corrected chi connectivity index (χ4v) is 1.32. The SMILES string of the molecule is COC(=O)CNC(=O)C(Cl)c1ccccc1. The lowest BCUT2D eigenvalue weighted by molar-refractivity contribution is -0.141. The lowest BCUT2D eigenvalue weighted by Crippen LogP contribution is -2.32. The van der Waals surface area contributed by atoms with E-state index < -0.39 is 17.3 Å². The Labute approximate surface area is 98.5 Å². The standard InChI is InChI=1S/C11H12ClNO3/c1-16-9(14)7-13-11(15)10(12)8-5-3-2-4-6-8/h2-6,10H,7H2,1H3,(H,13,15). The van der Waals surface area contributed by atoms with Crippen LogP contribution < -0.4 is 5.32 Å². The molecule has 1 rings (SSSR count). The van der Waals surface area contributed by atoms with Crippen molar-refractivity contribution in [3.8, 4) is 0 Å². The third-order valence-corrected chi connectivity index (χ3v) is 2.41. The van der Waals surface area contributed by atoms with Crippen molar-refractivity contribution < 1.29 is 14.3 Å². The summed E-state index contributed by atoms with van der Waals surface area (Å²) in [6.07, 6.45) is 0. The topological polar surface area (TPSA) is 55.4 Å². The van der Waals surface area contributed by atoms with Gasteiger partial charge in [-0.2, -0.15) is 0 Å². The van der Waals surface area contributed by atoms with Crippen LogP contribution in [0.5, 0.6) is 0 Å². The molecule has 0 saturated heterocycles. The first-order chi connectivity index (χ1) is 7.65. The van der Waals surface area contributed by atoms with Gasteiger partial charge in [-0.1, -0.05) is 30.3 Å². The average molecular weight is 242 g/mol. The van der Waals surface area contributed by atoms with E-state index in [1.165, 1.54) is 7.11 Å². The van der Waals surface area contributed by atoms with E-state index in [0.717, 1.165) is 0 Å². The molecule has 0 fully saturated rings. The number of halogens is 1. The molecule has 5 heteroatoms. The molecule has 4 nitrogen and oxygen atoms in total. The number of methoxy groups -OCH3 is 1. The van der Waals surface area contributed by atoms with E-state index in [9.17, 15) is 9.59 Å². The number of rotatable bonds is 4. The largest absolute Gasteiger partial charge is 0.468 e. The molecular formula is C11H12ClNO3. The Morgan fingerprint density at radius 1 is 1.38 bits per heavy atom. The number of hydrogen-bond donors (Lipinski definition) is 1. The van der Waals surface area contributed by atoms with Gasteiger partial charge >= 0.3 is 5.97 Å². The maximum absolute atomic E-state index is 11.5. The van der Waals surface area contributed by atoms with Gasteiger partial charge in [0, 0.05) is 0 Å². The van der Waals surface area contributed by atoms with Gasteiger partial charge in [0.15, 0.2) is 0 Å². The number of amides is 1. The highest BCUT2D eigenvalue weighted by molar-refractivity contribution is 6.30. The number of ether oxygens (including phenoxy) is 1. The molecule has 1 atom stereocenters. The van der Waals surface area contributed by atoms with Crippen LogP contribution in [0.15, 0.2) is 30.3 Å². The van der Waals surface area contributed by atoms with Crippen molar-refractivity contribution in [2.24, 2.45) is 0 Å². The van der Waals surface area contributed by atoms with Gasteiger partial charge in [0.05, 0.1) is 7.11 Å². The van der Waals surface area contributed by atoms with E-state index >= 15 is 0 Å². The fourth-order valence-electron chi connectivity index (χ4n) is 1.09. The smallest absolute Gasteiger partial charge is 0.325 e. The molecule has 0 spiro atoms. The normalized spacial score (nSPS) is 11.6. The van der Waals surface area contributed by atoms with E-state index in [-0.39, 0.29) is 6.54 Å². The van der Waals surface area contributed by atoms with E-state index in [1.807, 2.05) is 6.07 Å². The molecule has 1 amide bonds. The highest BCUT2D eigenvalue weighted by Crippen LogP contribution is 2.19. The Balaban J connectivity index is 2.52. The molecule has 1 aromatic carbocycles. The third kappa shape index (κ3) is 3.55. The summed E-state index contributed by atoms with van der Waals surface area (Å²) in [5, 5.41) is 1.59. The maximum Gasteiger partial charge on any atom is 0.325 e. The molecule has 86 valence electrons. The quantitative estimate of drug-likeness (QED) is 0.638. The van der Waals surface area contributed by atoms with Gasteiger partial charge in [0.2, 0.25) is 5.91 Å². The number of hydrogen-bond acceptors (Lipinski definition) is 3. The van der Waals surface area contributed by atoms with Crippen LogP contribution in [-0.4, -0.2) is 25.5 Å². The molecule has 16 heavy (non-hydrogen) atoms. The minimum absolute atomic E-state index is 0.175. The van der Waals surface area contributed by atoms with Crippen molar-refractivity contribution in [2.75, 3.05) is 13.7 Å². The second-order valence-electron chi connectivity index (χ2n) is 3.07. The third-order valence-electron chi connectivity index (χ3n) is 1.96. The minimum atomic E-state index is -0.800. The summed E-state index contributed by atoms with van der Waals surface area (Å²) in [4.78, 5) is 22.3. The fraction of sp³-hybridized carbons (Fsp3) is 0.273. The van der Waals surface area contributed by atoms with Crippen molar-refractivity contribution in [1.82, 2.24) is 5.32 Å². The van der Waals surface area contributed by atoms with Crippen LogP contribution in [0.3, 0.4) is 0 Å². The number of alkyl halides is 1. The summed E-state index contributed by atoms with van der Waals surface area (Å²) in [6.45, 7) is -0.175. The second-order valence-corrected chi connectivity index (χ2v) is 3.50. The first-order valence-electron chi connectivity index (χ1n) is 4.68. The van der Waals surface area contributed by atoms with Crippen molar-refractivity contribution >= 4 is 23.5 Å². The van der Waals surface area contributed by atoms with Gasteiger partial charge in [-0.3, -0.25) is 9.59 Å². The number of carbonyl (C=O) groups excluding carboxylic acids is 2. The zero-order valence-electron chi connectivity index (χ0n) is 8.77. The van der Waals surface area contributed by atoms with Gasteiger partial charge in [0.25, 0.3) is 0 Å². The lowest BCUT2D eigenvalue weighted by atomic mass is 10.1. The summed E-state index contributed by atoms with van der Waals surface area (Å²) in [5.41, 5.74) is 0.687. The van der Waals surface area contributed by atoms with Crippen LogP contribution in [0.2, 0.25) is 0 Å². The highest BCUT2D eigenvalue weighted by atomic mass is 35.5. The number of nitrogens with one attached hydrogen (secondary N) is 1. The molecule has 1 N–H and O–H groups in total. The summed E-state index contributed by atoms with van der Waals surface area (Å²) in [5.74, 6) is -0.927. The maximum atomic E-state index is 11.5. The molecule has 0 heterocycles. The molecule has 0 bridgehead atoms. The van der Waals surface area contributed by atoms with Crippen LogP contribution in [-0.2, 0) is 14.3 Å². The number of carbonyl (C=O) groups is 2. The molecule has 0 aliphatic heterocycles. The van der Waals surface area contributed by atoms with Crippen LogP contribution in [0, 0.1) is 0 Å². The van der Waals surface area contributed by atoms with Gasteiger partial charge in [-0.15, -0.1) is 11.6 Å². The Morgan fingerprint density at radius 3 is 2.56 bits per heavy atom. The first kappa shape index (κ1) is 12.5. The van der Waals surface area contributed by atoms with Crippen LogP contribution in [0.1, 0.15) is 10.9 Å². The second kappa shape index (κ2) is 6.12. The molecule has 0 aromatic heterocycles. The van der Waals surface area contributed by atoms with E-state index in [4.69, 9.17) is 11.6 Å². The molecule has 0 aliphatic carbocycles.